The van der Waals surface area contributed by atoms with Crippen molar-refractivity contribution in [2.75, 3.05) is 6.54 Å². The summed E-state index contributed by atoms with van der Waals surface area (Å²) in [6.07, 6.45) is 6.23. The lowest BCUT2D eigenvalue weighted by atomic mass is 10.2. The highest BCUT2D eigenvalue weighted by atomic mass is 32.2. The minimum absolute atomic E-state index is 0.00961. The van der Waals surface area contributed by atoms with Crippen molar-refractivity contribution >= 4 is 34.6 Å². The van der Waals surface area contributed by atoms with E-state index < -0.39 is 0 Å². The van der Waals surface area contributed by atoms with E-state index >= 15 is 0 Å². The zero-order chi connectivity index (χ0) is 16.1. The number of hydrogen-bond acceptors (Lipinski definition) is 4. The van der Waals surface area contributed by atoms with Gasteiger partial charge < -0.3 is 0 Å². The third-order valence-corrected chi connectivity index (χ3v) is 4.31. The Bertz CT molecular complexity index is 741. The van der Waals surface area contributed by atoms with Crippen LogP contribution in [0, 0.1) is 0 Å². The zero-order valence-corrected chi connectivity index (χ0v) is 13.7. The summed E-state index contributed by atoms with van der Waals surface area (Å²) in [5.74, 6) is 0.00961. The Morgan fingerprint density at radius 2 is 2.04 bits per heavy atom. The number of amides is 1. The molecule has 0 unspecified atom stereocenters. The summed E-state index contributed by atoms with van der Waals surface area (Å²) in [6, 6.07) is 13.5. The van der Waals surface area contributed by atoms with Crippen molar-refractivity contribution in [3.8, 4) is 0 Å². The van der Waals surface area contributed by atoms with Gasteiger partial charge >= 0.3 is 0 Å². The topological polar surface area (TPSA) is 45.6 Å². The van der Waals surface area contributed by atoms with Gasteiger partial charge in [0.1, 0.15) is 0 Å². The molecule has 1 aromatic carbocycles. The third kappa shape index (κ3) is 3.68. The van der Waals surface area contributed by atoms with Gasteiger partial charge in [0.05, 0.1) is 10.6 Å². The third-order valence-electron chi connectivity index (χ3n) is 3.30. The maximum Gasteiger partial charge on any atom is 0.266 e. The van der Waals surface area contributed by atoms with Crippen LogP contribution in [0.4, 0.5) is 5.69 Å². The molecular formula is C18H17N3OS. The van der Waals surface area contributed by atoms with Gasteiger partial charge in [-0.3, -0.25) is 14.7 Å². The van der Waals surface area contributed by atoms with Gasteiger partial charge in [-0.1, -0.05) is 31.2 Å². The quantitative estimate of drug-likeness (QED) is 0.796. The van der Waals surface area contributed by atoms with Gasteiger partial charge in [-0.25, -0.2) is 4.99 Å². The van der Waals surface area contributed by atoms with Crippen molar-refractivity contribution in [1.82, 2.24) is 9.88 Å². The van der Waals surface area contributed by atoms with E-state index in [-0.39, 0.29) is 5.91 Å². The number of amidine groups is 1. The van der Waals surface area contributed by atoms with Crippen LogP contribution in [0.15, 0.2) is 64.8 Å². The predicted molar refractivity (Wildman–Crippen MR) is 95.3 cm³/mol. The molecule has 0 atom stereocenters. The molecule has 0 radical (unpaired) electrons. The Morgan fingerprint density at radius 3 is 2.74 bits per heavy atom. The van der Waals surface area contributed by atoms with Crippen LogP contribution < -0.4 is 0 Å². The summed E-state index contributed by atoms with van der Waals surface area (Å²) >= 11 is 1.42. The highest BCUT2D eigenvalue weighted by molar-refractivity contribution is 8.18. The molecule has 1 aromatic heterocycles. The van der Waals surface area contributed by atoms with Gasteiger partial charge in [0.2, 0.25) is 0 Å². The van der Waals surface area contributed by atoms with Crippen molar-refractivity contribution in [3.05, 3.63) is 65.3 Å². The number of carbonyl (C=O) groups is 1. The number of aliphatic imine (C=N–C) groups is 1. The van der Waals surface area contributed by atoms with Crippen LogP contribution >= 0.6 is 11.8 Å². The lowest BCUT2D eigenvalue weighted by Gasteiger charge is -2.13. The molecule has 1 fully saturated rings. The second-order valence-electron chi connectivity index (χ2n) is 5.08. The van der Waals surface area contributed by atoms with Crippen LogP contribution in [0.1, 0.15) is 18.9 Å². The van der Waals surface area contributed by atoms with E-state index in [1.807, 2.05) is 48.5 Å². The largest absolute Gasteiger partial charge is 0.286 e. The standard InChI is InChI=1S/C18H17N3OS/c1-2-11-21-17(22)16(12-14-7-6-10-19-13-14)23-18(21)20-15-8-4-3-5-9-15/h3-10,12-13H,2,11H2,1H3/b16-12-,20-18?. The van der Waals surface area contributed by atoms with Crippen LogP contribution in [-0.4, -0.2) is 27.5 Å². The number of para-hydroxylation sites is 1. The molecule has 1 amide bonds. The number of rotatable bonds is 4. The number of hydrogen-bond donors (Lipinski definition) is 0. The van der Waals surface area contributed by atoms with E-state index in [0.717, 1.165) is 22.8 Å². The summed E-state index contributed by atoms with van der Waals surface area (Å²) in [5.41, 5.74) is 1.77. The lowest BCUT2D eigenvalue weighted by Crippen LogP contribution is -2.29. The highest BCUT2D eigenvalue weighted by Gasteiger charge is 2.32. The van der Waals surface area contributed by atoms with Crippen LogP contribution in [0.25, 0.3) is 6.08 Å². The molecule has 4 nitrogen and oxygen atoms in total. The first-order chi connectivity index (χ1) is 11.3. The van der Waals surface area contributed by atoms with Gasteiger partial charge in [-0.05, 0) is 48.0 Å². The van der Waals surface area contributed by atoms with Gasteiger partial charge in [-0.15, -0.1) is 0 Å². The van der Waals surface area contributed by atoms with E-state index in [2.05, 4.69) is 16.9 Å². The molecule has 5 heteroatoms. The minimum atomic E-state index is 0.00961. The van der Waals surface area contributed by atoms with Crippen LogP contribution in [-0.2, 0) is 4.79 Å². The molecule has 2 heterocycles. The van der Waals surface area contributed by atoms with E-state index in [0.29, 0.717) is 11.4 Å². The summed E-state index contributed by atoms with van der Waals surface area (Å²) in [7, 11) is 0. The van der Waals surface area contributed by atoms with Crippen molar-refractivity contribution in [1.29, 1.82) is 0 Å². The van der Waals surface area contributed by atoms with Crippen molar-refractivity contribution in [2.45, 2.75) is 13.3 Å². The molecular weight excluding hydrogens is 306 g/mol. The maximum atomic E-state index is 12.6. The summed E-state index contributed by atoms with van der Waals surface area (Å²) in [6.45, 7) is 2.72. The first-order valence-electron chi connectivity index (χ1n) is 7.53. The van der Waals surface area contributed by atoms with E-state index in [1.165, 1.54) is 11.8 Å². The molecule has 0 N–H and O–H groups in total. The predicted octanol–water partition coefficient (Wildman–Crippen LogP) is 4.10. The molecule has 0 spiro atoms. The summed E-state index contributed by atoms with van der Waals surface area (Å²) in [4.78, 5) is 23.8. The second-order valence-corrected chi connectivity index (χ2v) is 6.09. The van der Waals surface area contributed by atoms with E-state index in [1.54, 1.807) is 17.3 Å². The molecule has 2 aromatic rings. The Labute approximate surface area is 140 Å². The van der Waals surface area contributed by atoms with Crippen LogP contribution in [0.5, 0.6) is 0 Å². The maximum absolute atomic E-state index is 12.6. The number of thioether (sulfide) groups is 1. The molecule has 0 aliphatic carbocycles. The number of carbonyl (C=O) groups excluding carboxylic acids is 1. The molecule has 1 aliphatic rings. The van der Waals surface area contributed by atoms with Crippen molar-refractivity contribution in [3.63, 3.8) is 0 Å². The van der Waals surface area contributed by atoms with Crippen molar-refractivity contribution in [2.24, 2.45) is 4.99 Å². The molecule has 116 valence electrons. The lowest BCUT2D eigenvalue weighted by molar-refractivity contribution is -0.122. The fourth-order valence-corrected chi connectivity index (χ4v) is 3.26. The Hall–Kier alpha value is -2.40. The SMILES string of the molecule is CCCN1C(=O)/C(=C/c2cccnc2)SC1=Nc1ccccc1. The first-order valence-corrected chi connectivity index (χ1v) is 8.35. The highest BCUT2D eigenvalue weighted by Crippen LogP contribution is 2.34. The summed E-state index contributed by atoms with van der Waals surface area (Å²) in [5, 5.41) is 0.734. The average Bonchev–Trinajstić information content (AvgIpc) is 2.86. The van der Waals surface area contributed by atoms with Crippen LogP contribution in [0.2, 0.25) is 0 Å². The fourth-order valence-electron chi connectivity index (χ4n) is 2.24. The van der Waals surface area contributed by atoms with Crippen molar-refractivity contribution < 1.29 is 4.79 Å². The average molecular weight is 323 g/mol. The molecule has 1 aliphatic heterocycles. The number of pyridine rings is 1. The normalized spacial score (nSPS) is 18.1. The Morgan fingerprint density at radius 1 is 1.22 bits per heavy atom. The van der Waals surface area contributed by atoms with Gasteiger partial charge in [0.25, 0.3) is 5.91 Å². The Balaban J connectivity index is 1.93. The Kier molecular flexibility index (Phi) is 4.88. The van der Waals surface area contributed by atoms with Gasteiger partial charge in [0, 0.05) is 18.9 Å². The first kappa shape index (κ1) is 15.5. The summed E-state index contributed by atoms with van der Waals surface area (Å²) < 4.78 is 0. The molecule has 3 rings (SSSR count). The van der Waals surface area contributed by atoms with Gasteiger partial charge in [0.15, 0.2) is 5.17 Å². The molecule has 0 bridgehead atoms. The van der Waals surface area contributed by atoms with E-state index in [9.17, 15) is 4.79 Å². The minimum Gasteiger partial charge on any atom is -0.286 e. The second kappa shape index (κ2) is 7.24. The smallest absolute Gasteiger partial charge is 0.266 e. The number of nitrogens with zero attached hydrogens (tertiary/aromatic N) is 3. The molecule has 0 saturated carbocycles. The number of aromatic nitrogens is 1. The zero-order valence-electron chi connectivity index (χ0n) is 12.8. The van der Waals surface area contributed by atoms with Gasteiger partial charge in [-0.2, -0.15) is 0 Å². The fraction of sp³-hybridized carbons (Fsp3) is 0.167. The number of benzene rings is 1. The molecule has 1 saturated heterocycles. The van der Waals surface area contributed by atoms with Crippen LogP contribution in [0.3, 0.4) is 0 Å². The molecule has 23 heavy (non-hydrogen) atoms. The van der Waals surface area contributed by atoms with E-state index in [4.69, 9.17) is 0 Å². The monoisotopic (exact) mass is 323 g/mol.